The Kier molecular flexibility index (Phi) is 8.51. The van der Waals surface area contributed by atoms with Crippen LogP contribution in [0.4, 0.5) is 23.9 Å². The largest absolute Gasteiger partial charge is 0.412 e. The molecule has 5 rings (SSSR count). The molecular formula is C29H28F3N5O2S. The fourth-order valence-corrected chi connectivity index (χ4v) is 5.60. The van der Waals surface area contributed by atoms with Crippen LogP contribution in [-0.2, 0) is 11.3 Å². The van der Waals surface area contributed by atoms with E-state index in [4.69, 9.17) is 0 Å². The molecule has 3 aliphatic rings. The Morgan fingerprint density at radius 2 is 1.82 bits per heavy atom. The molecule has 1 aromatic carbocycles. The maximum atomic E-state index is 13.1. The third kappa shape index (κ3) is 7.08. The van der Waals surface area contributed by atoms with Crippen LogP contribution in [0.15, 0.2) is 71.3 Å². The Morgan fingerprint density at radius 3 is 2.58 bits per heavy atom. The van der Waals surface area contributed by atoms with Gasteiger partial charge in [-0.05, 0) is 72.7 Å². The summed E-state index contributed by atoms with van der Waals surface area (Å²) in [4.78, 5) is 32.2. The lowest BCUT2D eigenvalue weighted by atomic mass is 9.90. The number of hydrogen-bond acceptors (Lipinski definition) is 7. The van der Waals surface area contributed by atoms with Gasteiger partial charge in [0.25, 0.3) is 11.1 Å². The number of alkyl halides is 3. The number of thioether (sulfide) groups is 1. The van der Waals surface area contributed by atoms with Crippen LogP contribution in [0, 0.1) is 0 Å². The zero-order valence-corrected chi connectivity index (χ0v) is 22.3. The topological polar surface area (TPSA) is 96.0 Å². The average molecular weight is 568 g/mol. The predicted octanol–water partition coefficient (Wildman–Crippen LogP) is 6.15. The molecule has 2 amide bonds. The van der Waals surface area contributed by atoms with Crippen molar-refractivity contribution in [2.24, 2.45) is 0 Å². The zero-order chi connectivity index (χ0) is 28.1. The summed E-state index contributed by atoms with van der Waals surface area (Å²) in [6, 6.07) is 9.99. The van der Waals surface area contributed by atoms with Gasteiger partial charge in [0.2, 0.25) is 5.95 Å². The number of rotatable bonds is 7. The van der Waals surface area contributed by atoms with Gasteiger partial charge in [0.05, 0.1) is 10.6 Å². The van der Waals surface area contributed by atoms with Crippen molar-refractivity contribution in [3.63, 3.8) is 0 Å². The molecule has 0 unspecified atom stereocenters. The van der Waals surface area contributed by atoms with Crippen molar-refractivity contribution in [3.8, 4) is 0 Å². The molecule has 2 fully saturated rings. The quantitative estimate of drug-likeness (QED) is 0.346. The Morgan fingerprint density at radius 1 is 1.05 bits per heavy atom. The molecule has 2 aliphatic carbocycles. The Balaban J connectivity index is 1.15. The van der Waals surface area contributed by atoms with E-state index < -0.39 is 22.9 Å². The maximum absolute atomic E-state index is 13.1. The van der Waals surface area contributed by atoms with E-state index in [-0.39, 0.29) is 12.5 Å². The first kappa shape index (κ1) is 27.9. The minimum atomic E-state index is -4.33. The van der Waals surface area contributed by atoms with Crippen LogP contribution in [0.25, 0.3) is 11.6 Å². The minimum absolute atomic E-state index is 0.133. The summed E-state index contributed by atoms with van der Waals surface area (Å²) in [7, 11) is 0. The van der Waals surface area contributed by atoms with Gasteiger partial charge >= 0.3 is 6.18 Å². The fraction of sp³-hybridized carbons (Fsp3) is 0.310. The molecule has 40 heavy (non-hydrogen) atoms. The predicted molar refractivity (Wildman–Crippen MR) is 150 cm³/mol. The molecule has 1 saturated carbocycles. The van der Waals surface area contributed by atoms with Crippen molar-refractivity contribution in [1.29, 1.82) is 0 Å². The molecule has 11 heteroatoms. The van der Waals surface area contributed by atoms with Gasteiger partial charge in [-0.3, -0.25) is 14.9 Å². The summed E-state index contributed by atoms with van der Waals surface area (Å²) in [6.45, 7) is 0.619. The molecule has 0 spiro atoms. The number of carbonyl (C=O) groups is 2. The highest BCUT2D eigenvalue weighted by molar-refractivity contribution is 8.18. The number of nitrogens with one attached hydrogen (secondary N) is 3. The van der Waals surface area contributed by atoms with Crippen LogP contribution in [0.3, 0.4) is 0 Å². The molecule has 2 heterocycles. The summed E-state index contributed by atoms with van der Waals surface area (Å²) in [5, 5.41) is 8.84. The van der Waals surface area contributed by atoms with E-state index in [0.29, 0.717) is 29.1 Å². The monoisotopic (exact) mass is 567 g/mol. The van der Waals surface area contributed by atoms with Crippen LogP contribution in [0.5, 0.6) is 0 Å². The van der Waals surface area contributed by atoms with Crippen molar-refractivity contribution < 1.29 is 22.8 Å². The standard InChI is InChI=1S/C29H28F3N5O2S/c30-29(31,32)20-6-3-5-18(8-9-20)24-7-2-1-4-19(24)17-34-21-10-12-22(13-11-21)35-27-33-15-14-23(36-27)16-25-26(38)37-28(39)40-25/h1-5,7-9,14-16,21-22,34H,6,10-13,17H2,(H,33,35,36)(H,37,38,39)/b25-16-. The molecule has 0 bridgehead atoms. The first-order valence-electron chi connectivity index (χ1n) is 13.1. The van der Waals surface area contributed by atoms with E-state index in [9.17, 15) is 22.8 Å². The highest BCUT2D eigenvalue weighted by Gasteiger charge is 2.32. The van der Waals surface area contributed by atoms with Crippen molar-refractivity contribution in [2.75, 3.05) is 5.32 Å². The Labute approximate surface area is 234 Å². The van der Waals surface area contributed by atoms with Crippen LogP contribution in [0.2, 0.25) is 0 Å². The number of nitrogens with zero attached hydrogens (tertiary/aromatic N) is 2. The molecule has 1 aromatic heterocycles. The molecule has 0 radical (unpaired) electrons. The van der Waals surface area contributed by atoms with Crippen molar-refractivity contribution in [2.45, 2.75) is 56.9 Å². The number of allylic oxidation sites excluding steroid dienone is 6. The summed E-state index contributed by atoms with van der Waals surface area (Å²) in [6.07, 6.45) is 8.51. The first-order valence-corrected chi connectivity index (χ1v) is 13.9. The normalized spacial score (nSPS) is 22.5. The van der Waals surface area contributed by atoms with Crippen LogP contribution >= 0.6 is 11.8 Å². The van der Waals surface area contributed by atoms with Crippen LogP contribution < -0.4 is 16.0 Å². The summed E-state index contributed by atoms with van der Waals surface area (Å²) >= 11 is 0.848. The molecule has 1 aliphatic heterocycles. The summed E-state index contributed by atoms with van der Waals surface area (Å²) < 4.78 is 39.4. The Bertz CT molecular complexity index is 1410. The average Bonchev–Trinajstić information content (AvgIpc) is 3.10. The maximum Gasteiger partial charge on any atom is 0.412 e. The smallest absolute Gasteiger partial charge is 0.351 e. The third-order valence-electron chi connectivity index (χ3n) is 7.03. The van der Waals surface area contributed by atoms with Gasteiger partial charge in [-0.25, -0.2) is 9.97 Å². The van der Waals surface area contributed by atoms with Crippen molar-refractivity contribution >= 4 is 40.5 Å². The molecule has 3 N–H and O–H groups in total. The highest BCUT2D eigenvalue weighted by atomic mass is 32.2. The lowest BCUT2D eigenvalue weighted by molar-refractivity contribution is -0.115. The molecular weight excluding hydrogens is 539 g/mol. The minimum Gasteiger partial charge on any atom is -0.351 e. The van der Waals surface area contributed by atoms with Crippen molar-refractivity contribution in [3.05, 3.63) is 88.1 Å². The molecule has 2 aromatic rings. The van der Waals surface area contributed by atoms with E-state index in [1.165, 1.54) is 6.08 Å². The Hall–Kier alpha value is -3.70. The van der Waals surface area contributed by atoms with Gasteiger partial charge in [0.15, 0.2) is 0 Å². The van der Waals surface area contributed by atoms with Crippen molar-refractivity contribution in [1.82, 2.24) is 20.6 Å². The number of halogens is 3. The zero-order valence-electron chi connectivity index (χ0n) is 21.5. The second kappa shape index (κ2) is 12.2. The highest BCUT2D eigenvalue weighted by Crippen LogP contribution is 2.32. The first-order chi connectivity index (χ1) is 19.2. The number of aromatic nitrogens is 2. The summed E-state index contributed by atoms with van der Waals surface area (Å²) in [5.41, 5.74) is 2.72. The fourth-order valence-electron chi connectivity index (χ4n) is 4.93. The van der Waals surface area contributed by atoms with E-state index >= 15 is 0 Å². The van der Waals surface area contributed by atoms with Gasteiger partial charge < -0.3 is 10.6 Å². The number of benzene rings is 1. The number of hydrogen-bond donors (Lipinski definition) is 3. The lowest BCUT2D eigenvalue weighted by Gasteiger charge is -2.30. The van der Waals surface area contributed by atoms with Crippen LogP contribution in [-0.4, -0.2) is 39.4 Å². The molecule has 7 nitrogen and oxygen atoms in total. The lowest BCUT2D eigenvalue weighted by Crippen LogP contribution is -2.37. The van der Waals surface area contributed by atoms with E-state index in [0.717, 1.165) is 54.1 Å². The van der Waals surface area contributed by atoms with E-state index in [2.05, 4.69) is 25.9 Å². The van der Waals surface area contributed by atoms with Gasteiger partial charge in [-0.1, -0.05) is 48.6 Å². The second-order valence-corrected chi connectivity index (χ2v) is 10.8. The number of carbonyl (C=O) groups excluding carboxylic acids is 2. The number of imide groups is 1. The van der Waals surface area contributed by atoms with E-state index in [1.54, 1.807) is 36.6 Å². The third-order valence-corrected chi connectivity index (χ3v) is 7.84. The SMILES string of the molecule is O=C1NC(=O)/C(=C/c2ccnc(NC3CCC(NCc4ccccc4C4=CC=C(C(F)(F)F)CC=C4)CC3)n2)S1. The second-order valence-electron chi connectivity index (χ2n) is 9.81. The number of anilines is 1. The van der Waals surface area contributed by atoms with Gasteiger partial charge in [-0.2, -0.15) is 13.2 Å². The summed E-state index contributed by atoms with van der Waals surface area (Å²) in [5.74, 6) is 0.0494. The van der Waals surface area contributed by atoms with Gasteiger partial charge in [0.1, 0.15) is 0 Å². The molecule has 0 atom stereocenters. The molecule has 208 valence electrons. The number of amides is 2. The van der Waals surface area contributed by atoms with E-state index in [1.807, 2.05) is 24.3 Å². The van der Waals surface area contributed by atoms with Gasteiger partial charge in [-0.15, -0.1) is 0 Å². The van der Waals surface area contributed by atoms with Gasteiger partial charge in [0, 0.05) is 30.4 Å². The molecule has 1 saturated heterocycles. The van der Waals surface area contributed by atoms with Crippen LogP contribution in [0.1, 0.15) is 48.9 Å².